The van der Waals surface area contributed by atoms with E-state index >= 15 is 0 Å². The van der Waals surface area contributed by atoms with Gasteiger partial charge >= 0.3 is 105 Å². The SMILES string of the molecule is CC(=O)C=C(C)O.CC(=O)C=C(C)O.C[Si](C)(C)c1cc(-c2[c-]cccc2)ncc1-c1ccccc1.Cc1[c-]c(-c2nccc3c(C(C)C)cc(C(C)C)cc23)cc(C)c1.Cc1cccnc1-c1[c-]cccc1.Cc1cnc2c3[c-]cccc3c3ccccc3c2n1.[2H]c1c([2H])c(C)c(-c2c(C)[n+]3c4c5c(c([2H])c([2H])c([2H])c5c5c([2H])c(C)c([2H])c([2H])c5n24)C3)c(C([2H])([2H])[2H])c1[2H].[CH3][Ge]([CH3])([CH3])[c]1ccc2[n+](c1)Cc1ccccc1-2.[Ir].[Ir].[Ir]. The first-order valence-electron chi connectivity index (χ1n) is 52.2. The van der Waals surface area contributed by atoms with Gasteiger partial charge < -0.3 is 30.1 Å². The van der Waals surface area contributed by atoms with Gasteiger partial charge in [0.25, 0.3) is 5.65 Å². The van der Waals surface area contributed by atoms with E-state index in [0.29, 0.717) is 34.1 Å². The summed E-state index contributed by atoms with van der Waals surface area (Å²) in [5.74, 6) is 8.21. The molecule has 12 nitrogen and oxygen atoms in total. The van der Waals surface area contributed by atoms with Gasteiger partial charge in [-0.3, -0.25) is 14.6 Å². The number of ketones is 2. The first-order valence-corrected chi connectivity index (χ1v) is 57.0. The van der Waals surface area contributed by atoms with Crippen LogP contribution in [0.4, 0.5) is 0 Å². The molecule has 12 aromatic carbocycles. The Labute approximate surface area is 887 Å². The van der Waals surface area contributed by atoms with Gasteiger partial charge in [-0.2, -0.15) is 4.40 Å². The van der Waals surface area contributed by atoms with Gasteiger partial charge in [0.2, 0.25) is 0 Å². The summed E-state index contributed by atoms with van der Waals surface area (Å²) >= 11 is -1.70. The van der Waals surface area contributed by atoms with E-state index in [9.17, 15) is 9.59 Å². The van der Waals surface area contributed by atoms with E-state index in [1.807, 2.05) is 98.4 Å². The minimum Gasteiger partial charge on any atom is 0 e. The Morgan fingerprint density at radius 1 is 0.536 bits per heavy atom. The monoisotopic (exact) mass is 2470 g/mol. The van der Waals surface area contributed by atoms with Gasteiger partial charge in [0.05, 0.1) is 48.5 Å². The number of hydrogen-bond acceptors (Lipinski definition) is 9. The molecule has 717 valence electrons. The van der Waals surface area contributed by atoms with Crippen molar-refractivity contribution in [1.82, 2.24) is 29.3 Å². The molecule has 7 aromatic heterocycles. The second-order valence-corrected chi connectivity index (χ2v) is 53.2. The van der Waals surface area contributed by atoms with Crippen LogP contribution in [-0.2, 0) is 83.0 Å². The quantitative estimate of drug-likeness (QED) is 0.0322. The number of pyridine rings is 5. The maximum Gasteiger partial charge on any atom is 0 e. The smallest absolute Gasteiger partial charge is 0 e. The number of nitrogens with zero attached hydrogens (tertiary/aromatic N) is 8. The first kappa shape index (κ1) is 91.5. The van der Waals surface area contributed by atoms with Crippen LogP contribution in [-0.4, -0.2) is 72.4 Å². The third kappa shape index (κ3) is 25.3. The second kappa shape index (κ2) is 47.8. The van der Waals surface area contributed by atoms with Crippen molar-refractivity contribution >= 4 is 113 Å². The molecule has 9 heterocycles. The van der Waals surface area contributed by atoms with Crippen LogP contribution in [0, 0.1) is 79.6 Å². The molecule has 2 aliphatic heterocycles. The van der Waals surface area contributed by atoms with Gasteiger partial charge in [0.15, 0.2) is 17.3 Å². The first-order chi connectivity index (χ1) is 70.5. The van der Waals surface area contributed by atoms with Gasteiger partial charge in [-0.05, 0) is 165 Å². The fraction of sp³-hybridized carbons (Fsp3) is 0.211. The summed E-state index contributed by atoms with van der Waals surface area (Å²) in [5, 5.41) is 26.1. The Hall–Kier alpha value is -12.3. The summed E-state index contributed by atoms with van der Waals surface area (Å²) < 4.78 is 110. The van der Waals surface area contributed by atoms with Gasteiger partial charge in [0, 0.05) is 136 Å². The summed E-state index contributed by atoms with van der Waals surface area (Å²) in [4.78, 5) is 43.0. The molecule has 0 saturated heterocycles. The number of benzene rings is 12. The van der Waals surface area contributed by atoms with Crippen LogP contribution in [0.1, 0.15) is 151 Å². The summed E-state index contributed by atoms with van der Waals surface area (Å²) in [6, 6.07) is 82.2. The van der Waals surface area contributed by atoms with Crippen LogP contribution in [0.5, 0.6) is 0 Å². The average molecular weight is 2470 g/mol. The maximum atomic E-state index is 10.0. The molecule has 0 bridgehead atoms. The van der Waals surface area contributed by atoms with Gasteiger partial charge in [-0.25, -0.2) is 4.57 Å². The summed E-state index contributed by atoms with van der Waals surface area (Å²) in [6.45, 7) is 33.2. The molecule has 0 amide bonds. The number of carbonyl (C=O) groups is 2. The van der Waals surface area contributed by atoms with Crippen LogP contribution >= 0.6 is 0 Å². The molecule has 0 fully saturated rings. The number of allylic oxidation sites excluding steroid dienone is 4. The van der Waals surface area contributed by atoms with E-state index in [0.717, 1.165) is 73.4 Å². The molecular weight excluding hydrogens is 2330 g/mol. The molecule has 0 unspecified atom stereocenters. The van der Waals surface area contributed by atoms with Crippen molar-refractivity contribution in [3.8, 4) is 67.4 Å². The van der Waals surface area contributed by atoms with E-state index in [-0.39, 0.29) is 171 Å². The number of aliphatic hydroxyl groups is 2. The molecular formula is C123H124GeIr3N8O4Si-2. The molecule has 3 radical (unpaired) electrons. The van der Waals surface area contributed by atoms with Crippen molar-refractivity contribution in [1.29, 1.82) is 0 Å². The number of aliphatic hydroxyl groups excluding tert-OH is 2. The Morgan fingerprint density at radius 2 is 1.19 bits per heavy atom. The van der Waals surface area contributed by atoms with Gasteiger partial charge in [-0.15, -0.1) is 136 Å². The topological polar surface area (TPSA) is 151 Å². The molecule has 0 aliphatic carbocycles. The minimum atomic E-state index is -2.83. The predicted octanol–water partition coefficient (Wildman–Crippen LogP) is 28.6. The predicted molar refractivity (Wildman–Crippen MR) is 576 cm³/mol. The number of imidazole rings is 1. The van der Waals surface area contributed by atoms with Crippen molar-refractivity contribution in [2.75, 3.05) is 0 Å². The van der Waals surface area contributed by atoms with Crippen molar-refractivity contribution in [2.24, 2.45) is 0 Å². The minimum absolute atomic E-state index is 0. The van der Waals surface area contributed by atoms with E-state index in [2.05, 4.69) is 275 Å². The molecule has 0 saturated carbocycles. The van der Waals surface area contributed by atoms with Crippen LogP contribution in [0.3, 0.4) is 0 Å². The third-order valence-electron chi connectivity index (χ3n) is 23.8. The number of rotatable bonds is 11. The molecule has 140 heavy (non-hydrogen) atoms. The third-order valence-corrected chi connectivity index (χ3v) is 30.1. The number of carbonyl (C=O) groups excluding carboxylic acids is 2. The van der Waals surface area contributed by atoms with E-state index in [4.69, 9.17) is 36.6 Å². The Bertz CT molecular complexity index is 8410. The summed E-state index contributed by atoms with van der Waals surface area (Å²) in [7, 11) is -1.48. The van der Waals surface area contributed by atoms with Crippen LogP contribution in [0.25, 0.3) is 138 Å². The zero-order valence-electron chi connectivity index (χ0n) is 95.0. The van der Waals surface area contributed by atoms with Crippen molar-refractivity contribution in [3.05, 3.63) is 407 Å². The normalized spacial score (nSPS) is 12.9. The Morgan fingerprint density at radius 3 is 1.83 bits per heavy atom. The molecule has 17 heteroatoms. The second-order valence-electron chi connectivity index (χ2n) is 37.5. The number of hydrogen-bond donors (Lipinski definition) is 2. The van der Waals surface area contributed by atoms with Gasteiger partial charge in [-0.1, -0.05) is 209 Å². The Balaban J connectivity index is 0.000000173. The summed E-state index contributed by atoms with van der Waals surface area (Å²) in [6.07, 6.45) is 12.3. The number of fused-ring (bicyclic) bond motifs is 13. The molecule has 19 aromatic rings. The average Bonchev–Trinajstić information content (AvgIpc) is 1.50. The number of aryl methyl sites for hydroxylation is 4. The Kier molecular flexibility index (Phi) is 31.2. The molecule has 0 spiro atoms. The van der Waals surface area contributed by atoms with E-state index in [1.165, 1.54) is 131 Å². The van der Waals surface area contributed by atoms with Gasteiger partial charge in [0.1, 0.15) is 17.8 Å². The van der Waals surface area contributed by atoms with Crippen molar-refractivity contribution in [2.45, 2.75) is 173 Å². The maximum absolute atomic E-state index is 10.0. The van der Waals surface area contributed by atoms with Crippen molar-refractivity contribution in [3.63, 3.8) is 0 Å². The zero-order chi connectivity index (χ0) is 108. The fourth-order valence-corrected chi connectivity index (χ4v) is 21.4. The summed E-state index contributed by atoms with van der Waals surface area (Å²) in [5.41, 5.74) is 23.9. The largest absolute Gasteiger partial charge is 0 e. The van der Waals surface area contributed by atoms with Crippen molar-refractivity contribution < 1.29 is 106 Å². The van der Waals surface area contributed by atoms with Crippen LogP contribution in [0.2, 0.25) is 36.9 Å². The standard InChI is InChI=1S/C26H23N2.C23H26N.C20H20NSi.C17H11N2.C15H18GeN.C12H10N.2C5H8O2.3Ir/c1-15-11-12-22-21(13-15)20-10-6-9-19-14-27-18(4)25(28(22)26(27)24(19)20)23-16(2)7-5-8-17(23)3;1-14(2)18-12-21(15(3)4)20-7-8-24-23(22(20)13-18)19-10-16(5)9-17(6)11-19;1-22(2,3)20-14-19(17-12-8-5-9-13-17)21-15-18(20)16-10-6-4-7-11-16;1-11-10-18-16-14-8-4-2-6-12(14)13-7-3-5-9-15(13)17(16)19-11;1-16(2,3)13-8-9-15-14-7-5-4-6-12(14)10-17(15)11-13;1-10-6-5-9-13-12(10)11-7-3-2-4-8-11;2*1-4(6)3-5(2)7;;;/h5-13H,14H2,1-4H3;7-10,12-15H,1-6H3;4-12,14-15H,1-3H3;2-7,9-10H,1H3;4-9,11H,10H2,1-3H3;2-7,9H,1H3;2*3,6H,1-2H3;;;/q+1;3*-1;+1;-1;;;;;/i2D3,5D,6D,7D,8D,9D,10D,11D,12D,13D;;;;;;;;;;. The van der Waals surface area contributed by atoms with E-state index in [1.54, 1.807) is 20.3 Å². The number of aromatic nitrogens is 8. The molecule has 21 rings (SSSR count). The van der Waals surface area contributed by atoms with Crippen LogP contribution in [0.15, 0.2) is 315 Å². The molecule has 0 atom stereocenters. The van der Waals surface area contributed by atoms with Crippen LogP contribution < -0.4 is 18.7 Å². The molecule has 2 aliphatic rings. The molecule has 2 N–H and O–H groups in total. The fourth-order valence-electron chi connectivity index (χ4n) is 17.4. The van der Waals surface area contributed by atoms with E-state index < -0.39 is 45.8 Å². The zero-order valence-corrected chi connectivity index (χ0v) is 93.3.